The minimum atomic E-state index is 0.126. The number of carbonyl (C=O) groups is 1. The Labute approximate surface area is 197 Å². The van der Waals surface area contributed by atoms with Crippen molar-refractivity contribution in [3.63, 3.8) is 0 Å². The van der Waals surface area contributed by atoms with Crippen molar-refractivity contribution in [3.8, 4) is 0 Å². The third-order valence-electron chi connectivity index (χ3n) is 7.55. The van der Waals surface area contributed by atoms with Crippen LogP contribution in [0, 0.1) is 0 Å². The predicted molar refractivity (Wildman–Crippen MR) is 131 cm³/mol. The smallest absolute Gasteiger partial charge is 0.274 e. The SMILES string of the molecule is C=CCn1nc(C(=O)N2CCCC2)c2c1CCC(NC1CCN(Cc3ccccc3)CC1)C2. The molecule has 6 heteroatoms. The second-order valence-corrected chi connectivity index (χ2v) is 9.89. The van der Waals surface area contributed by atoms with Crippen LogP contribution in [0.2, 0.25) is 0 Å². The zero-order valence-corrected chi connectivity index (χ0v) is 19.7. The zero-order valence-electron chi connectivity index (χ0n) is 19.7. The van der Waals surface area contributed by atoms with Crippen molar-refractivity contribution in [2.75, 3.05) is 26.2 Å². The molecule has 5 rings (SSSR count). The van der Waals surface area contributed by atoms with Gasteiger partial charge < -0.3 is 10.2 Å². The highest BCUT2D eigenvalue weighted by Gasteiger charge is 2.33. The Bertz CT molecular complexity index is 954. The molecular formula is C27H37N5O. The summed E-state index contributed by atoms with van der Waals surface area (Å²) in [5.41, 5.74) is 4.51. The van der Waals surface area contributed by atoms with E-state index < -0.39 is 0 Å². The lowest BCUT2D eigenvalue weighted by molar-refractivity contribution is 0.0785. The summed E-state index contributed by atoms with van der Waals surface area (Å²) in [7, 11) is 0. The highest BCUT2D eigenvalue weighted by molar-refractivity contribution is 5.94. The van der Waals surface area contributed by atoms with Crippen LogP contribution in [0.25, 0.3) is 0 Å². The number of nitrogens with zero attached hydrogens (tertiary/aromatic N) is 4. The van der Waals surface area contributed by atoms with Crippen molar-refractivity contribution >= 4 is 5.91 Å². The molecule has 2 aliphatic heterocycles. The second kappa shape index (κ2) is 10.2. The molecule has 0 radical (unpaired) electrons. The lowest BCUT2D eigenvalue weighted by Crippen LogP contribution is -2.47. The number of allylic oxidation sites excluding steroid dienone is 1. The van der Waals surface area contributed by atoms with E-state index >= 15 is 0 Å². The first kappa shape index (κ1) is 22.4. The molecule has 1 atom stereocenters. The van der Waals surface area contributed by atoms with Gasteiger partial charge in [-0.05, 0) is 63.6 Å². The number of amides is 1. The van der Waals surface area contributed by atoms with Crippen molar-refractivity contribution < 1.29 is 4.79 Å². The summed E-state index contributed by atoms with van der Waals surface area (Å²) in [4.78, 5) is 17.8. The molecule has 0 bridgehead atoms. The molecule has 1 unspecified atom stereocenters. The molecule has 0 saturated carbocycles. The first-order valence-corrected chi connectivity index (χ1v) is 12.7. The highest BCUT2D eigenvalue weighted by Crippen LogP contribution is 2.28. The molecule has 3 aliphatic rings. The van der Waals surface area contributed by atoms with Gasteiger partial charge in [0, 0.05) is 43.0 Å². The first-order chi connectivity index (χ1) is 16.2. The van der Waals surface area contributed by atoms with Gasteiger partial charge in [-0.25, -0.2) is 0 Å². The zero-order chi connectivity index (χ0) is 22.6. The Balaban J connectivity index is 1.21. The number of benzene rings is 1. The van der Waals surface area contributed by atoms with Crippen molar-refractivity contribution in [3.05, 3.63) is 65.5 Å². The molecule has 33 heavy (non-hydrogen) atoms. The number of hydrogen-bond acceptors (Lipinski definition) is 4. The van der Waals surface area contributed by atoms with Crippen LogP contribution in [0.15, 0.2) is 43.0 Å². The highest BCUT2D eigenvalue weighted by atomic mass is 16.2. The normalized spacial score (nSPS) is 21.8. The molecule has 0 spiro atoms. The molecule has 2 aromatic rings. The minimum absolute atomic E-state index is 0.126. The van der Waals surface area contributed by atoms with Crippen LogP contribution in [0.1, 0.15) is 59.4 Å². The summed E-state index contributed by atoms with van der Waals surface area (Å²) in [6, 6.07) is 11.8. The fourth-order valence-corrected chi connectivity index (χ4v) is 5.78. The van der Waals surface area contributed by atoms with Crippen LogP contribution in [-0.2, 0) is 25.9 Å². The third kappa shape index (κ3) is 5.07. The molecule has 6 nitrogen and oxygen atoms in total. The Morgan fingerprint density at radius 3 is 2.55 bits per heavy atom. The van der Waals surface area contributed by atoms with E-state index in [0.717, 1.165) is 64.8 Å². The Kier molecular flexibility index (Phi) is 6.93. The molecular weight excluding hydrogens is 410 g/mol. The lowest BCUT2D eigenvalue weighted by atomic mass is 9.89. The van der Waals surface area contributed by atoms with Crippen LogP contribution in [0.3, 0.4) is 0 Å². The predicted octanol–water partition coefficient (Wildman–Crippen LogP) is 3.42. The fourth-order valence-electron chi connectivity index (χ4n) is 5.78. The Hall–Kier alpha value is -2.44. The van der Waals surface area contributed by atoms with Gasteiger partial charge in [-0.15, -0.1) is 6.58 Å². The van der Waals surface area contributed by atoms with Gasteiger partial charge in [0.15, 0.2) is 5.69 Å². The number of carbonyl (C=O) groups excluding carboxylic acids is 1. The third-order valence-corrected chi connectivity index (χ3v) is 7.55. The summed E-state index contributed by atoms with van der Waals surface area (Å²) >= 11 is 0. The van der Waals surface area contributed by atoms with Crippen LogP contribution < -0.4 is 5.32 Å². The van der Waals surface area contributed by atoms with Gasteiger partial charge in [-0.3, -0.25) is 14.4 Å². The quantitative estimate of drug-likeness (QED) is 0.661. The van der Waals surface area contributed by atoms with Gasteiger partial charge in [-0.2, -0.15) is 5.10 Å². The molecule has 1 aromatic heterocycles. The summed E-state index contributed by atoms with van der Waals surface area (Å²) in [6.07, 6.45) is 9.46. The summed E-state index contributed by atoms with van der Waals surface area (Å²) in [5, 5.41) is 8.73. The van der Waals surface area contributed by atoms with E-state index in [1.165, 1.54) is 29.7 Å². The number of aromatic nitrogens is 2. The van der Waals surface area contributed by atoms with Crippen LogP contribution >= 0.6 is 0 Å². The van der Waals surface area contributed by atoms with E-state index in [9.17, 15) is 4.79 Å². The van der Waals surface area contributed by atoms with E-state index in [4.69, 9.17) is 5.10 Å². The van der Waals surface area contributed by atoms with Crippen molar-refractivity contribution in [1.29, 1.82) is 0 Å². The molecule has 176 valence electrons. The first-order valence-electron chi connectivity index (χ1n) is 12.7. The van der Waals surface area contributed by atoms with E-state index in [0.29, 0.717) is 24.3 Å². The van der Waals surface area contributed by atoms with Crippen LogP contribution in [0.4, 0.5) is 0 Å². The topological polar surface area (TPSA) is 53.4 Å². The molecule has 1 amide bonds. The molecule has 3 heterocycles. The van der Waals surface area contributed by atoms with E-state index in [-0.39, 0.29) is 5.91 Å². The number of hydrogen-bond donors (Lipinski definition) is 1. The number of piperidine rings is 1. The summed E-state index contributed by atoms with van der Waals surface area (Å²) in [5.74, 6) is 0.126. The second-order valence-electron chi connectivity index (χ2n) is 9.89. The molecule has 1 N–H and O–H groups in total. The van der Waals surface area contributed by atoms with Gasteiger partial charge in [-0.1, -0.05) is 36.4 Å². The van der Waals surface area contributed by atoms with Gasteiger partial charge in [0.05, 0.1) is 6.54 Å². The standard InChI is InChI=1S/C27H37N5O/c1-2-14-32-25-11-10-23(19-24(25)26(29-32)27(33)31-15-6-7-16-31)28-22-12-17-30(18-13-22)20-21-8-4-3-5-9-21/h2-5,8-9,22-23,28H,1,6-7,10-20H2. The van der Waals surface area contributed by atoms with Gasteiger partial charge in [0.1, 0.15) is 0 Å². The maximum Gasteiger partial charge on any atom is 0.274 e. The average molecular weight is 448 g/mol. The maximum absolute atomic E-state index is 13.2. The minimum Gasteiger partial charge on any atom is -0.337 e. The fraction of sp³-hybridized carbons (Fsp3) is 0.556. The molecule has 1 aromatic carbocycles. The Morgan fingerprint density at radius 1 is 1.06 bits per heavy atom. The van der Waals surface area contributed by atoms with E-state index in [1.807, 2.05) is 15.7 Å². The van der Waals surface area contributed by atoms with Crippen molar-refractivity contribution in [2.24, 2.45) is 0 Å². The van der Waals surface area contributed by atoms with E-state index in [2.05, 4.69) is 47.1 Å². The van der Waals surface area contributed by atoms with E-state index in [1.54, 1.807) is 0 Å². The maximum atomic E-state index is 13.2. The van der Waals surface area contributed by atoms with Gasteiger partial charge in [0.25, 0.3) is 5.91 Å². The molecule has 1 aliphatic carbocycles. The van der Waals surface area contributed by atoms with Gasteiger partial charge in [0.2, 0.25) is 0 Å². The monoisotopic (exact) mass is 447 g/mol. The van der Waals surface area contributed by atoms with Crippen LogP contribution in [-0.4, -0.2) is 63.8 Å². The van der Waals surface area contributed by atoms with Crippen LogP contribution in [0.5, 0.6) is 0 Å². The molecule has 2 fully saturated rings. The average Bonchev–Trinajstić information content (AvgIpc) is 3.50. The number of rotatable bonds is 7. The number of fused-ring (bicyclic) bond motifs is 1. The van der Waals surface area contributed by atoms with Crippen molar-refractivity contribution in [1.82, 2.24) is 24.9 Å². The number of nitrogens with one attached hydrogen (secondary N) is 1. The van der Waals surface area contributed by atoms with Crippen molar-refractivity contribution in [2.45, 2.75) is 70.1 Å². The summed E-state index contributed by atoms with van der Waals surface area (Å²) in [6.45, 7) is 9.62. The summed E-state index contributed by atoms with van der Waals surface area (Å²) < 4.78 is 2.02. The largest absolute Gasteiger partial charge is 0.337 e. The lowest BCUT2D eigenvalue weighted by Gasteiger charge is -2.35. The van der Waals surface area contributed by atoms with Gasteiger partial charge >= 0.3 is 0 Å². The Morgan fingerprint density at radius 2 is 1.82 bits per heavy atom. The number of likely N-dealkylation sites (tertiary alicyclic amines) is 2. The molecule has 2 saturated heterocycles.